The van der Waals surface area contributed by atoms with E-state index in [2.05, 4.69) is 20.8 Å². The number of hydrogen-bond donors (Lipinski definition) is 4. The van der Waals surface area contributed by atoms with E-state index in [0.717, 1.165) is 16.7 Å². The molecule has 42 heteroatoms. The molecule has 0 aromatic heterocycles. The van der Waals surface area contributed by atoms with E-state index in [1.165, 1.54) is 0 Å². The average Bonchev–Trinajstić information content (AvgIpc) is 0.878. The summed E-state index contributed by atoms with van der Waals surface area (Å²) in [7, 11) is -8.77. The van der Waals surface area contributed by atoms with Crippen molar-refractivity contribution in [3.05, 3.63) is 108 Å². The second-order valence-electron chi connectivity index (χ2n) is 30.5. The minimum atomic E-state index is -4.50. The molecular formula is C70H110Cl3N3Na2O28S6. The second-order valence-corrected chi connectivity index (χ2v) is 44.2. The molecule has 0 aliphatic carbocycles. The van der Waals surface area contributed by atoms with Crippen LogP contribution in [0.15, 0.2) is 91.0 Å². The van der Waals surface area contributed by atoms with Crippen molar-refractivity contribution in [3.63, 3.8) is 0 Å². The molecule has 3 atom stereocenters. The van der Waals surface area contributed by atoms with Crippen LogP contribution in [-0.4, -0.2) is 192 Å². The van der Waals surface area contributed by atoms with Crippen LogP contribution in [0.4, 0.5) is 14.4 Å². The first-order valence-electron chi connectivity index (χ1n) is 34.4. The Kier molecular flexibility index (Phi) is 55.0. The van der Waals surface area contributed by atoms with Crippen LogP contribution in [0, 0.1) is 16.2 Å². The predicted molar refractivity (Wildman–Crippen MR) is 415 cm³/mol. The molecular weight excluding hydrogens is 1680 g/mol. The summed E-state index contributed by atoms with van der Waals surface area (Å²) in [6.07, 6.45) is -0.0675. The fraction of sp³-hybridized carbons (Fsp3) is 0.643. The molecule has 4 N–H and O–H groups in total. The van der Waals surface area contributed by atoms with E-state index >= 15 is 0 Å². The monoisotopic (exact) mass is 1780 g/mol. The number of alkyl carbamates (subject to hydrolysis) is 3. The van der Waals surface area contributed by atoms with Gasteiger partial charge in [0.1, 0.15) is 16.8 Å². The molecule has 0 radical (unpaired) electrons. The van der Waals surface area contributed by atoms with Gasteiger partial charge in [-0.3, -0.25) is 27.5 Å². The first-order chi connectivity index (χ1) is 49.9. The van der Waals surface area contributed by atoms with Gasteiger partial charge in [0, 0.05) is 63.7 Å². The Morgan fingerprint density at radius 1 is 0.420 bits per heavy atom. The van der Waals surface area contributed by atoms with Gasteiger partial charge in [-0.1, -0.05) is 133 Å². The van der Waals surface area contributed by atoms with Crippen molar-refractivity contribution in [1.82, 2.24) is 16.0 Å². The molecule has 0 unspecified atom stereocenters. The third-order valence-electron chi connectivity index (χ3n) is 14.3. The van der Waals surface area contributed by atoms with Crippen molar-refractivity contribution in [2.45, 2.75) is 216 Å². The van der Waals surface area contributed by atoms with Crippen molar-refractivity contribution in [3.8, 4) is 0 Å². The number of nitrogens with one attached hydrogen (secondary N) is 3. The molecule has 0 saturated heterocycles. The summed E-state index contributed by atoms with van der Waals surface area (Å²) >= 11 is 0. The number of aliphatic hydroxyl groups is 1. The number of Topliss-reactive ketones (excluding diaryl/α,β-unsaturated/α-hetero) is 3. The molecule has 0 saturated carbocycles. The molecule has 0 spiro atoms. The Morgan fingerprint density at radius 3 is 0.866 bits per heavy atom. The van der Waals surface area contributed by atoms with Gasteiger partial charge in [-0.25, -0.2) is 48.1 Å². The van der Waals surface area contributed by atoms with Gasteiger partial charge in [-0.05, 0) is 153 Å². The van der Waals surface area contributed by atoms with Gasteiger partial charge < -0.3 is 50.0 Å². The van der Waals surface area contributed by atoms with Crippen molar-refractivity contribution in [1.29, 1.82) is 0 Å². The molecule has 112 heavy (non-hydrogen) atoms. The standard InChI is InChI=1S/C23H36ClNO8S2.C23H37NO9S2.C20H31NO4.C3H6Cl2O4S2.CH2O3.2Na/c1-22(2,3)33-21(27)25-19(16-18-10-7-6-8-11-18)20(26)12-13-23(4,5)17-32-35(30,31)15-9-14-34(24,28)29;1-22(2,3)33-21(26)24-19(16-18-10-7-6-8-11-18)20(25)12-13-23(4,5)17-32-35(30,31)15-9-14-34(27,28)29;1-19(2,3)25-18(24)21-16(13-15-9-7-6-8-10-15)17(23)11-12-20(4,5)14-22;4-10(6,7)2-1-3-11(5,8)9;2-1-4-3;;/h6-8,10-11,19H,9,12-17H2,1-5H3,(H,25,27);6-8,10-11,19H,9,12-17H2,1-5H3,(H,24,26)(H,27,28,29);6-10,16,22H,11-14H2,1-5H3,(H,21,24);1-3H2;1,3H;;/q;;;;;2*+1/p-2/t2*19-;16-;;;;/m000..../s1. The van der Waals surface area contributed by atoms with Crippen LogP contribution < -0.4 is 80.3 Å². The fourth-order valence-electron chi connectivity index (χ4n) is 8.61. The molecule has 0 aliphatic heterocycles. The van der Waals surface area contributed by atoms with Crippen LogP contribution in [0.3, 0.4) is 0 Å². The van der Waals surface area contributed by atoms with Crippen LogP contribution in [0.5, 0.6) is 0 Å². The molecule has 3 rings (SSSR count). The molecule has 3 aromatic rings. The van der Waals surface area contributed by atoms with Crippen molar-refractivity contribution >= 4 is 132 Å². The SMILES string of the molecule is CC(C)(CCC(=O)[C@H](Cc1ccccc1)NC(=O)OC(C)(C)C)COS(=O)(=O)CCCS(=O)(=O)Cl.CC(C)(CCC(=O)[C@H](Cc1ccccc1)NC(=O)OC(C)(C)C)COS(=O)(=O)CCCS(=O)(=O)[O-].CC(C)(CO)CCC(=O)[C@H](Cc1ccccc1)NC(=O)OC(C)(C)C.O=CO[O-].O=S(=O)(Cl)CCCS(=O)(=O)Cl.[Na+].[Na+]. The van der Waals surface area contributed by atoms with Crippen molar-refractivity contribution < 1.29 is 186 Å². The van der Waals surface area contributed by atoms with Crippen LogP contribution >= 0.6 is 32.0 Å². The molecule has 0 bridgehead atoms. The number of benzene rings is 3. The second kappa shape index (κ2) is 53.7. The fourth-order valence-corrected chi connectivity index (χ4v) is 14.3. The summed E-state index contributed by atoms with van der Waals surface area (Å²) in [5.41, 5.74) is -1.08. The summed E-state index contributed by atoms with van der Waals surface area (Å²) in [5, 5.41) is 25.8. The van der Waals surface area contributed by atoms with E-state index in [0.29, 0.717) is 25.7 Å². The maximum atomic E-state index is 13.0. The normalized spacial score (nSPS) is 13.0. The van der Waals surface area contributed by atoms with E-state index < -0.39 is 145 Å². The number of carbonyl (C=O) groups excluding carboxylic acids is 7. The smallest absolute Gasteiger partial charge is 0.748 e. The summed E-state index contributed by atoms with van der Waals surface area (Å²) in [4.78, 5) is 86.7. The number of ether oxygens (including phenoxy) is 3. The zero-order valence-corrected chi connectivity index (χ0v) is 78.0. The Bertz CT molecular complexity index is 3840. The molecule has 3 aromatic carbocycles. The zero-order chi connectivity index (χ0) is 85.5. The van der Waals surface area contributed by atoms with Crippen molar-refractivity contribution in [2.75, 3.05) is 54.3 Å². The van der Waals surface area contributed by atoms with Gasteiger partial charge in [0.2, 0.25) is 27.2 Å². The number of carbonyl (C=O) groups is 7. The van der Waals surface area contributed by atoms with Crippen LogP contribution in [0.1, 0.15) is 178 Å². The Balaban J connectivity index is -0.000000715. The largest absolute Gasteiger partial charge is 1.00 e. The van der Waals surface area contributed by atoms with Gasteiger partial charge in [-0.15, -0.1) is 0 Å². The summed E-state index contributed by atoms with van der Waals surface area (Å²) in [6.45, 7) is 25.9. The first kappa shape index (κ1) is 115. The maximum absolute atomic E-state index is 13.0. The van der Waals surface area contributed by atoms with Crippen LogP contribution in [0.25, 0.3) is 0 Å². The first-order valence-corrected chi connectivity index (χ1v) is 46.5. The Labute approximate surface area is 720 Å². The molecule has 0 fully saturated rings. The summed E-state index contributed by atoms with van der Waals surface area (Å²) in [5.74, 6) is -3.60. The van der Waals surface area contributed by atoms with Crippen LogP contribution in [0.2, 0.25) is 0 Å². The number of halogens is 3. The van der Waals surface area contributed by atoms with Gasteiger partial charge in [0.15, 0.2) is 17.3 Å². The predicted octanol–water partition coefficient (Wildman–Crippen LogP) is 3.03. The van der Waals surface area contributed by atoms with Crippen LogP contribution in [-0.2, 0) is 123 Å². The topological polar surface area (TPSA) is 482 Å². The van der Waals surface area contributed by atoms with Gasteiger partial charge in [-0.2, -0.15) is 16.8 Å². The third kappa shape index (κ3) is 68.4. The third-order valence-corrected chi connectivity index (χ3v) is 21.3. The molecule has 632 valence electrons. The summed E-state index contributed by atoms with van der Waals surface area (Å²) in [6, 6.07) is 25.7. The van der Waals surface area contributed by atoms with E-state index in [1.807, 2.05) is 105 Å². The number of rotatable bonds is 41. The maximum Gasteiger partial charge on any atom is 1.00 e. The van der Waals surface area contributed by atoms with E-state index in [4.69, 9.17) is 64.7 Å². The number of amides is 3. The van der Waals surface area contributed by atoms with E-state index in [1.54, 1.807) is 90.0 Å². The van der Waals surface area contributed by atoms with E-state index in [9.17, 15) is 88.9 Å². The van der Waals surface area contributed by atoms with Gasteiger partial charge in [0.05, 0.1) is 70.2 Å². The zero-order valence-electron chi connectivity index (χ0n) is 66.9. The average molecular weight is 1790 g/mol. The van der Waals surface area contributed by atoms with E-state index in [-0.39, 0.29) is 171 Å². The summed E-state index contributed by atoms with van der Waals surface area (Å²) < 4.78 is 169. The van der Waals surface area contributed by atoms with Gasteiger partial charge >= 0.3 is 77.4 Å². The van der Waals surface area contributed by atoms with Gasteiger partial charge in [0.25, 0.3) is 26.7 Å². The Hall–Kier alpha value is -3.68. The number of aliphatic hydroxyl groups excluding tert-OH is 1. The quantitative estimate of drug-likeness (QED) is 0.00927. The number of hydrogen-bond acceptors (Lipinski definition) is 28. The minimum absolute atomic E-state index is 0. The number of ketones is 3. The minimum Gasteiger partial charge on any atom is -0.748 e. The molecule has 0 heterocycles. The van der Waals surface area contributed by atoms with Crippen molar-refractivity contribution in [2.24, 2.45) is 16.2 Å². The molecule has 0 aliphatic rings. The molecule has 31 nitrogen and oxygen atoms in total. The molecule has 3 amide bonds. The Morgan fingerprint density at radius 2 is 0.652 bits per heavy atom.